The number of halogens is 1. The van der Waals surface area contributed by atoms with Gasteiger partial charge in [0.2, 0.25) is 0 Å². The molecule has 0 amide bonds. The Morgan fingerprint density at radius 3 is 1.51 bits per heavy atom. The third kappa shape index (κ3) is 6.54. The van der Waals surface area contributed by atoms with E-state index in [9.17, 15) is 0 Å². The Balaban J connectivity index is 0.000000153. The molecule has 0 aliphatic rings. The lowest BCUT2D eigenvalue weighted by atomic mass is 10.3. The van der Waals surface area contributed by atoms with Crippen LogP contribution in [-0.4, -0.2) is 8.07 Å². The molecule has 0 unspecified atom stereocenters. The van der Waals surface area contributed by atoms with Crippen LogP contribution >= 0.6 is 68.8 Å². The van der Waals surface area contributed by atoms with Crippen LogP contribution in [0.15, 0.2) is 129 Å². The van der Waals surface area contributed by atoms with E-state index in [1.165, 1.54) is 42.6 Å². The van der Waals surface area contributed by atoms with E-state index in [2.05, 4.69) is 151 Å². The average Bonchev–Trinajstić information content (AvgIpc) is 3.43. The number of benzene rings is 4. The Hall–Kier alpha value is -1.55. The van der Waals surface area contributed by atoms with Crippen LogP contribution in [0.2, 0.25) is 19.6 Å². The number of thiophene rings is 2. The fourth-order valence-electron chi connectivity index (χ4n) is 3.92. The molecule has 0 saturated carbocycles. The molecule has 0 nitrogen and oxygen atoms in total. The zero-order valence-corrected chi connectivity index (χ0v) is 27.3. The van der Waals surface area contributed by atoms with Crippen LogP contribution in [0.1, 0.15) is 0 Å². The van der Waals surface area contributed by atoms with E-state index in [0.717, 1.165) is 0 Å². The molecule has 0 fully saturated rings. The molecule has 0 aliphatic heterocycles. The smallest absolute Gasteiger partial charge is 0.0919 e. The summed E-state index contributed by atoms with van der Waals surface area (Å²) in [6, 6.07) is 38.7. The lowest BCUT2D eigenvalue weighted by Gasteiger charge is -2.16. The molecule has 2 heterocycles. The Morgan fingerprint density at radius 1 is 0.541 bits per heavy atom. The van der Waals surface area contributed by atoms with E-state index in [1.54, 1.807) is 4.50 Å². The van der Waals surface area contributed by atoms with Gasteiger partial charge in [-0.3, -0.25) is 0 Å². The van der Waals surface area contributed by atoms with Gasteiger partial charge in [0.15, 0.2) is 0 Å². The average molecular weight is 683 g/mol. The van der Waals surface area contributed by atoms with Gasteiger partial charge in [0.1, 0.15) is 0 Å². The van der Waals surface area contributed by atoms with Crippen molar-refractivity contribution in [1.82, 2.24) is 0 Å². The molecular weight excluding hydrogens is 656 g/mol. The highest BCUT2D eigenvalue weighted by Gasteiger charge is 2.25. The second kappa shape index (κ2) is 12.1. The maximum absolute atomic E-state index is 2.44. The molecule has 0 N–H and O–H groups in total. The minimum Gasteiger partial charge on any atom is -0.144 e. The van der Waals surface area contributed by atoms with E-state index in [1.807, 2.05) is 46.2 Å². The molecule has 2 aromatic heterocycles. The molecule has 4 aromatic carbocycles. The first-order chi connectivity index (χ1) is 17.9. The van der Waals surface area contributed by atoms with Crippen LogP contribution in [-0.2, 0) is 0 Å². The summed E-state index contributed by atoms with van der Waals surface area (Å²) in [4.78, 5) is 5.50. The Morgan fingerprint density at radius 2 is 0.973 bits per heavy atom. The molecule has 0 aliphatic carbocycles. The fraction of sp³-hybridized carbons (Fsp3) is 0.0968. The van der Waals surface area contributed by atoms with Gasteiger partial charge in [-0.05, 0) is 59.0 Å². The summed E-state index contributed by atoms with van der Waals surface area (Å²) in [5, 5.41) is 2.79. The summed E-state index contributed by atoms with van der Waals surface area (Å²) >= 11 is 10.1. The molecule has 37 heavy (non-hydrogen) atoms. The second-order valence-corrected chi connectivity index (χ2v) is 21.0. The SMILES string of the molecule is C[Si](C)(C)c1sc2ccccc2c1Sc1ccccc1.Ic1sc2ccccc2c1Sc1ccccc1. The first kappa shape index (κ1) is 27.0. The maximum atomic E-state index is 2.44. The molecule has 186 valence electrons. The summed E-state index contributed by atoms with van der Waals surface area (Å²) in [5.74, 6) is 0. The highest BCUT2D eigenvalue weighted by atomic mass is 127. The van der Waals surface area contributed by atoms with Crippen molar-refractivity contribution < 1.29 is 0 Å². The number of fused-ring (bicyclic) bond motifs is 2. The van der Waals surface area contributed by atoms with E-state index < -0.39 is 8.07 Å². The minimum atomic E-state index is -1.32. The van der Waals surface area contributed by atoms with Crippen molar-refractivity contribution in [1.29, 1.82) is 0 Å². The summed E-state index contributed by atoms with van der Waals surface area (Å²) in [5.41, 5.74) is 0. The first-order valence-corrected chi connectivity index (χ1v) is 19.9. The van der Waals surface area contributed by atoms with Crippen molar-refractivity contribution in [3.8, 4) is 0 Å². The molecule has 0 saturated heterocycles. The van der Waals surface area contributed by atoms with Gasteiger partial charge in [0.25, 0.3) is 0 Å². The zero-order chi connectivity index (χ0) is 25.8. The highest BCUT2D eigenvalue weighted by molar-refractivity contribution is 14.1. The van der Waals surface area contributed by atoms with Crippen LogP contribution in [0, 0.1) is 2.88 Å². The largest absolute Gasteiger partial charge is 0.144 e. The van der Waals surface area contributed by atoms with Crippen molar-refractivity contribution >= 4 is 102 Å². The normalized spacial score (nSPS) is 11.5. The molecule has 6 heteroatoms. The summed E-state index contributed by atoms with van der Waals surface area (Å²) in [7, 11) is -1.32. The molecule has 0 bridgehead atoms. The van der Waals surface area contributed by atoms with Crippen LogP contribution in [0.5, 0.6) is 0 Å². The van der Waals surface area contributed by atoms with Gasteiger partial charge in [0, 0.05) is 44.3 Å². The summed E-state index contributed by atoms with van der Waals surface area (Å²) in [6.45, 7) is 7.31. The summed E-state index contributed by atoms with van der Waals surface area (Å²) < 4.78 is 5.78. The van der Waals surface area contributed by atoms with Gasteiger partial charge in [-0.2, -0.15) is 0 Å². The van der Waals surface area contributed by atoms with Crippen LogP contribution in [0.25, 0.3) is 20.2 Å². The lowest BCUT2D eigenvalue weighted by molar-refractivity contribution is 1.44. The Labute approximate surface area is 250 Å². The molecule has 0 spiro atoms. The van der Waals surface area contributed by atoms with Crippen molar-refractivity contribution in [3.05, 3.63) is 112 Å². The Bertz CT molecular complexity index is 1620. The Kier molecular flexibility index (Phi) is 8.84. The zero-order valence-electron chi connectivity index (χ0n) is 20.9. The van der Waals surface area contributed by atoms with Crippen LogP contribution < -0.4 is 4.50 Å². The van der Waals surface area contributed by atoms with Gasteiger partial charge >= 0.3 is 0 Å². The van der Waals surface area contributed by atoms with Gasteiger partial charge in [-0.1, -0.05) is 116 Å². The highest BCUT2D eigenvalue weighted by Crippen LogP contribution is 2.42. The van der Waals surface area contributed by atoms with Gasteiger partial charge in [-0.25, -0.2) is 0 Å². The van der Waals surface area contributed by atoms with E-state index >= 15 is 0 Å². The fourth-order valence-corrected chi connectivity index (χ4v) is 12.8. The minimum absolute atomic E-state index is 1.30. The summed E-state index contributed by atoms with van der Waals surface area (Å²) in [6.07, 6.45) is 0. The third-order valence-electron chi connectivity index (χ3n) is 5.67. The predicted octanol–water partition coefficient (Wildman–Crippen LogP) is 11.3. The monoisotopic (exact) mass is 682 g/mol. The van der Waals surface area contributed by atoms with Crippen molar-refractivity contribution in [2.75, 3.05) is 0 Å². The molecular formula is C31H27IS4Si. The van der Waals surface area contributed by atoms with Crippen LogP contribution in [0.4, 0.5) is 0 Å². The number of rotatable bonds is 5. The molecule has 0 radical (unpaired) electrons. The third-order valence-corrected chi connectivity index (χ3v) is 15.6. The molecule has 6 aromatic rings. The standard InChI is InChI=1S/C17H18S2Si.C14H9IS2/c1-20(2,3)17-16(18-13-9-5-4-6-10-13)14-11-7-8-12-15(14)19-17;15-14-13(16-10-6-2-1-3-7-10)11-8-4-5-9-12(11)17-14/h4-12H,1-3H3;1-9H. The van der Waals surface area contributed by atoms with Crippen LogP contribution in [0.3, 0.4) is 0 Å². The van der Waals surface area contributed by atoms with Crippen molar-refractivity contribution in [3.63, 3.8) is 0 Å². The lowest BCUT2D eigenvalue weighted by Crippen LogP contribution is -2.36. The molecule has 0 atom stereocenters. The number of hydrogen-bond donors (Lipinski definition) is 0. The number of hydrogen-bond acceptors (Lipinski definition) is 4. The van der Waals surface area contributed by atoms with Crippen molar-refractivity contribution in [2.24, 2.45) is 0 Å². The van der Waals surface area contributed by atoms with E-state index in [-0.39, 0.29) is 0 Å². The quantitative estimate of drug-likeness (QED) is 0.131. The first-order valence-electron chi connectivity index (χ1n) is 12.0. The predicted molar refractivity (Wildman–Crippen MR) is 180 cm³/mol. The van der Waals surface area contributed by atoms with Gasteiger partial charge in [0.05, 0.1) is 11.0 Å². The maximum Gasteiger partial charge on any atom is 0.0919 e. The van der Waals surface area contributed by atoms with E-state index in [0.29, 0.717) is 0 Å². The van der Waals surface area contributed by atoms with Crippen molar-refractivity contribution in [2.45, 2.75) is 39.2 Å². The topological polar surface area (TPSA) is 0 Å². The second-order valence-electron chi connectivity index (χ2n) is 9.54. The molecule has 6 rings (SSSR count). The van der Waals surface area contributed by atoms with E-state index in [4.69, 9.17) is 0 Å². The van der Waals surface area contributed by atoms with Gasteiger partial charge in [-0.15, -0.1) is 22.7 Å². The van der Waals surface area contributed by atoms with Gasteiger partial charge < -0.3 is 0 Å².